The lowest BCUT2D eigenvalue weighted by Crippen LogP contribution is -2.20. The minimum atomic E-state index is -0.252. The predicted molar refractivity (Wildman–Crippen MR) is 110 cm³/mol. The molecule has 0 aliphatic rings. The van der Waals surface area contributed by atoms with Crippen LogP contribution in [-0.2, 0) is 11.3 Å². The Hall–Kier alpha value is -1.22. The van der Waals surface area contributed by atoms with Gasteiger partial charge in [0, 0.05) is 16.7 Å². The second-order valence-electron chi connectivity index (χ2n) is 5.22. The van der Waals surface area contributed by atoms with E-state index < -0.39 is 0 Å². The van der Waals surface area contributed by atoms with E-state index in [4.69, 9.17) is 16.3 Å². The van der Waals surface area contributed by atoms with Gasteiger partial charge in [0.25, 0.3) is 5.91 Å². The predicted octanol–water partition coefficient (Wildman–Crippen LogP) is 4.74. The van der Waals surface area contributed by atoms with Crippen LogP contribution in [0.5, 0.6) is 0 Å². The summed E-state index contributed by atoms with van der Waals surface area (Å²) in [5.74, 6) is -0.252. The van der Waals surface area contributed by atoms with E-state index in [1.54, 1.807) is 6.07 Å². The molecule has 0 aliphatic heterocycles. The van der Waals surface area contributed by atoms with Gasteiger partial charge in [-0.3, -0.25) is 4.79 Å². The molecule has 0 atom stereocenters. The third kappa shape index (κ3) is 4.13. The molecular formula is C18H16ClIN2O2S. The highest BCUT2D eigenvalue weighted by atomic mass is 127. The lowest BCUT2D eigenvalue weighted by atomic mass is 10.2. The molecule has 130 valence electrons. The average Bonchev–Trinajstić information content (AvgIpc) is 2.94. The van der Waals surface area contributed by atoms with Crippen LogP contribution in [-0.4, -0.2) is 23.7 Å². The molecular weight excluding hydrogens is 471 g/mol. The van der Waals surface area contributed by atoms with Crippen molar-refractivity contribution in [1.82, 2.24) is 4.57 Å². The first-order chi connectivity index (χ1) is 12.1. The van der Waals surface area contributed by atoms with Crippen LogP contribution in [0.2, 0.25) is 5.02 Å². The quantitative estimate of drug-likeness (QED) is 0.386. The third-order valence-electron chi connectivity index (χ3n) is 3.62. The van der Waals surface area contributed by atoms with E-state index in [0.717, 1.165) is 13.8 Å². The van der Waals surface area contributed by atoms with Crippen LogP contribution in [0.4, 0.5) is 0 Å². The molecule has 0 fully saturated rings. The van der Waals surface area contributed by atoms with E-state index >= 15 is 0 Å². The number of benzene rings is 2. The summed E-state index contributed by atoms with van der Waals surface area (Å²) in [5, 5.41) is 0.647. The number of nitrogens with zero attached hydrogens (tertiary/aromatic N) is 2. The van der Waals surface area contributed by atoms with Gasteiger partial charge in [-0.25, -0.2) is 0 Å². The fraction of sp³-hybridized carbons (Fsp3) is 0.222. The Labute approximate surface area is 168 Å². The van der Waals surface area contributed by atoms with Crippen molar-refractivity contribution >= 4 is 61.7 Å². The van der Waals surface area contributed by atoms with E-state index in [1.807, 2.05) is 47.9 Å². The Morgan fingerprint density at radius 1 is 1.28 bits per heavy atom. The molecule has 1 aromatic heterocycles. The summed E-state index contributed by atoms with van der Waals surface area (Å²) < 4.78 is 9.32. The molecule has 7 heteroatoms. The topological polar surface area (TPSA) is 43.6 Å². The zero-order valence-electron chi connectivity index (χ0n) is 13.5. The zero-order valence-corrected chi connectivity index (χ0v) is 17.3. The molecule has 0 saturated heterocycles. The first kappa shape index (κ1) is 18.6. The summed E-state index contributed by atoms with van der Waals surface area (Å²) in [7, 11) is 0. The minimum Gasteiger partial charge on any atom is -0.380 e. The third-order valence-corrected chi connectivity index (χ3v) is 5.91. The molecule has 2 aromatic carbocycles. The summed E-state index contributed by atoms with van der Waals surface area (Å²) in [6, 6.07) is 13.2. The number of carbonyl (C=O) groups is 1. The summed E-state index contributed by atoms with van der Waals surface area (Å²) in [4.78, 5) is 17.6. The largest absolute Gasteiger partial charge is 0.380 e. The molecule has 0 unspecified atom stereocenters. The van der Waals surface area contributed by atoms with Crippen molar-refractivity contribution in [3.63, 3.8) is 0 Å². The SMILES string of the molecule is CCOCCn1c(=NC(=O)c2ccccc2I)sc2cccc(Cl)c21. The van der Waals surface area contributed by atoms with E-state index in [-0.39, 0.29) is 5.91 Å². The number of fused-ring (bicyclic) bond motifs is 1. The average molecular weight is 487 g/mol. The maximum atomic E-state index is 12.6. The standard InChI is InChI=1S/C18H16ClIN2O2S/c1-2-24-11-10-22-16-13(19)7-5-9-15(16)25-18(22)21-17(23)12-6-3-4-8-14(12)20/h3-9H,2,10-11H2,1H3. The van der Waals surface area contributed by atoms with Crippen molar-refractivity contribution in [1.29, 1.82) is 0 Å². The van der Waals surface area contributed by atoms with E-state index in [2.05, 4.69) is 27.6 Å². The number of hydrogen-bond donors (Lipinski definition) is 0. The lowest BCUT2D eigenvalue weighted by molar-refractivity contribution is 0.0996. The number of ether oxygens (including phenoxy) is 1. The number of carbonyl (C=O) groups excluding carboxylic acids is 1. The first-order valence-electron chi connectivity index (χ1n) is 7.81. The van der Waals surface area contributed by atoms with E-state index in [0.29, 0.717) is 35.1 Å². The highest BCUT2D eigenvalue weighted by molar-refractivity contribution is 14.1. The van der Waals surface area contributed by atoms with Crippen LogP contribution in [0.15, 0.2) is 47.5 Å². The van der Waals surface area contributed by atoms with Crippen molar-refractivity contribution < 1.29 is 9.53 Å². The highest BCUT2D eigenvalue weighted by Gasteiger charge is 2.13. The minimum absolute atomic E-state index is 0.252. The molecule has 4 nitrogen and oxygen atoms in total. The van der Waals surface area contributed by atoms with Gasteiger partial charge in [-0.05, 0) is 53.8 Å². The van der Waals surface area contributed by atoms with Gasteiger partial charge in [0.1, 0.15) is 0 Å². The van der Waals surface area contributed by atoms with Gasteiger partial charge in [-0.1, -0.05) is 41.1 Å². The smallest absolute Gasteiger partial charge is 0.280 e. The van der Waals surface area contributed by atoms with E-state index in [1.165, 1.54) is 11.3 Å². The summed E-state index contributed by atoms with van der Waals surface area (Å²) in [5.41, 5.74) is 1.49. The monoisotopic (exact) mass is 486 g/mol. The molecule has 0 spiro atoms. The number of thiazole rings is 1. The molecule has 0 aliphatic carbocycles. The maximum absolute atomic E-state index is 12.6. The molecule has 0 bridgehead atoms. The second-order valence-corrected chi connectivity index (χ2v) is 7.80. The van der Waals surface area contributed by atoms with Crippen molar-refractivity contribution in [3.05, 3.63) is 61.4 Å². The number of halogens is 2. The maximum Gasteiger partial charge on any atom is 0.280 e. The Balaban J connectivity index is 2.11. The van der Waals surface area contributed by atoms with Crippen molar-refractivity contribution in [2.24, 2.45) is 4.99 Å². The fourth-order valence-corrected chi connectivity index (χ4v) is 4.49. The number of para-hydroxylation sites is 1. The lowest BCUT2D eigenvalue weighted by Gasteiger charge is -2.06. The molecule has 3 rings (SSSR count). The molecule has 1 heterocycles. The van der Waals surface area contributed by atoms with Gasteiger partial charge >= 0.3 is 0 Å². The summed E-state index contributed by atoms with van der Waals surface area (Å²) in [6.07, 6.45) is 0. The van der Waals surface area contributed by atoms with Crippen LogP contribution in [0.3, 0.4) is 0 Å². The molecule has 0 N–H and O–H groups in total. The Morgan fingerprint density at radius 3 is 2.84 bits per heavy atom. The van der Waals surface area contributed by atoms with Crippen molar-refractivity contribution in [2.75, 3.05) is 13.2 Å². The summed E-state index contributed by atoms with van der Waals surface area (Å²) >= 11 is 9.99. The Bertz CT molecular complexity index is 981. The number of aromatic nitrogens is 1. The van der Waals surface area contributed by atoms with Gasteiger partial charge in [0.05, 0.1) is 27.4 Å². The number of hydrogen-bond acceptors (Lipinski definition) is 3. The van der Waals surface area contributed by atoms with Crippen LogP contribution < -0.4 is 4.80 Å². The first-order valence-corrected chi connectivity index (χ1v) is 10.1. The van der Waals surface area contributed by atoms with Crippen LogP contribution in [0, 0.1) is 3.57 Å². The zero-order chi connectivity index (χ0) is 17.8. The van der Waals surface area contributed by atoms with Gasteiger partial charge < -0.3 is 9.30 Å². The molecule has 25 heavy (non-hydrogen) atoms. The van der Waals surface area contributed by atoms with Gasteiger partial charge in [0.2, 0.25) is 0 Å². The number of rotatable bonds is 5. The van der Waals surface area contributed by atoms with Crippen molar-refractivity contribution in [3.8, 4) is 0 Å². The second kappa shape index (κ2) is 8.44. The Kier molecular flexibility index (Phi) is 6.27. The fourth-order valence-electron chi connectivity index (χ4n) is 2.46. The molecule has 0 saturated carbocycles. The van der Waals surface area contributed by atoms with Gasteiger partial charge in [-0.15, -0.1) is 0 Å². The number of amides is 1. The normalized spacial score (nSPS) is 12.0. The van der Waals surface area contributed by atoms with Gasteiger partial charge in [-0.2, -0.15) is 4.99 Å². The summed E-state index contributed by atoms with van der Waals surface area (Å²) in [6.45, 7) is 3.73. The van der Waals surface area contributed by atoms with Gasteiger partial charge in [0.15, 0.2) is 4.80 Å². The molecule has 1 amide bonds. The van der Waals surface area contributed by atoms with Crippen LogP contribution in [0.1, 0.15) is 17.3 Å². The molecule has 3 aromatic rings. The van der Waals surface area contributed by atoms with E-state index in [9.17, 15) is 4.79 Å². The van der Waals surface area contributed by atoms with Crippen molar-refractivity contribution in [2.45, 2.75) is 13.5 Å². The Morgan fingerprint density at radius 2 is 2.08 bits per heavy atom. The van der Waals surface area contributed by atoms with Crippen LogP contribution in [0.25, 0.3) is 10.2 Å². The van der Waals surface area contributed by atoms with Crippen LogP contribution >= 0.6 is 45.5 Å². The highest BCUT2D eigenvalue weighted by Crippen LogP contribution is 2.25. The molecule has 0 radical (unpaired) electrons.